The van der Waals surface area contributed by atoms with E-state index < -0.39 is 6.10 Å². The number of carbonyl (C=O) groups is 1. The minimum atomic E-state index is -0.647. The van der Waals surface area contributed by atoms with Crippen molar-refractivity contribution in [2.75, 3.05) is 13.2 Å². The lowest BCUT2D eigenvalue weighted by molar-refractivity contribution is -0.123. The third-order valence-corrected chi connectivity index (χ3v) is 3.16. The molecule has 2 rings (SSSR count). The minimum absolute atomic E-state index is 0.0105. The SMILES string of the molecule is CC(NCC(O)COc1ccccc1)C(=O)NC1CC1. The standard InChI is InChI=1S/C15H22N2O3/c1-11(15(19)17-12-7-8-12)16-9-13(18)10-20-14-5-3-2-4-6-14/h2-6,11-13,16,18H,7-10H2,1H3,(H,17,19). The lowest BCUT2D eigenvalue weighted by Gasteiger charge is -2.17. The molecule has 1 fully saturated rings. The van der Waals surface area contributed by atoms with Crippen molar-refractivity contribution in [3.8, 4) is 5.75 Å². The Morgan fingerprint density at radius 3 is 2.75 bits per heavy atom. The summed E-state index contributed by atoms with van der Waals surface area (Å²) < 4.78 is 5.44. The Labute approximate surface area is 119 Å². The number of benzene rings is 1. The number of aliphatic hydroxyl groups excluding tert-OH is 1. The van der Waals surface area contributed by atoms with Gasteiger partial charge in [0.25, 0.3) is 0 Å². The third kappa shape index (κ3) is 5.19. The topological polar surface area (TPSA) is 70.6 Å². The van der Waals surface area contributed by atoms with Gasteiger partial charge >= 0.3 is 0 Å². The summed E-state index contributed by atoms with van der Waals surface area (Å²) in [7, 11) is 0. The molecule has 110 valence electrons. The molecular formula is C15H22N2O3. The Hall–Kier alpha value is -1.59. The summed E-state index contributed by atoms with van der Waals surface area (Å²) in [5.74, 6) is 0.717. The van der Waals surface area contributed by atoms with E-state index >= 15 is 0 Å². The molecule has 0 saturated heterocycles. The molecule has 0 spiro atoms. The van der Waals surface area contributed by atoms with Crippen LogP contribution in [0.4, 0.5) is 0 Å². The van der Waals surface area contributed by atoms with Crippen molar-refractivity contribution < 1.29 is 14.6 Å². The van der Waals surface area contributed by atoms with Crippen molar-refractivity contribution in [3.05, 3.63) is 30.3 Å². The van der Waals surface area contributed by atoms with Crippen molar-refractivity contribution >= 4 is 5.91 Å². The number of ether oxygens (including phenoxy) is 1. The van der Waals surface area contributed by atoms with Gasteiger partial charge in [-0.15, -0.1) is 0 Å². The summed E-state index contributed by atoms with van der Waals surface area (Å²) in [4.78, 5) is 11.7. The zero-order valence-electron chi connectivity index (χ0n) is 11.7. The van der Waals surface area contributed by atoms with Crippen LogP contribution >= 0.6 is 0 Å². The summed E-state index contributed by atoms with van der Waals surface area (Å²) in [5.41, 5.74) is 0. The molecule has 0 aromatic heterocycles. The van der Waals surface area contributed by atoms with Crippen LogP contribution in [0.1, 0.15) is 19.8 Å². The van der Waals surface area contributed by atoms with E-state index in [0.717, 1.165) is 18.6 Å². The highest BCUT2D eigenvalue weighted by Gasteiger charge is 2.25. The number of carbonyl (C=O) groups excluding carboxylic acids is 1. The Morgan fingerprint density at radius 1 is 1.40 bits per heavy atom. The monoisotopic (exact) mass is 278 g/mol. The largest absolute Gasteiger partial charge is 0.491 e. The van der Waals surface area contributed by atoms with Crippen LogP contribution in [0.15, 0.2) is 30.3 Å². The van der Waals surface area contributed by atoms with E-state index in [-0.39, 0.29) is 18.6 Å². The molecule has 0 radical (unpaired) electrons. The van der Waals surface area contributed by atoms with Gasteiger partial charge in [-0.2, -0.15) is 0 Å². The quantitative estimate of drug-likeness (QED) is 0.654. The van der Waals surface area contributed by atoms with Crippen LogP contribution in [0, 0.1) is 0 Å². The maximum atomic E-state index is 11.7. The van der Waals surface area contributed by atoms with E-state index in [9.17, 15) is 9.90 Å². The van der Waals surface area contributed by atoms with Crippen molar-refractivity contribution in [2.45, 2.75) is 38.0 Å². The van der Waals surface area contributed by atoms with E-state index in [1.54, 1.807) is 6.92 Å². The van der Waals surface area contributed by atoms with Gasteiger partial charge in [0.05, 0.1) is 6.04 Å². The van der Waals surface area contributed by atoms with Crippen LogP contribution in [-0.2, 0) is 4.79 Å². The van der Waals surface area contributed by atoms with Crippen LogP contribution < -0.4 is 15.4 Å². The second kappa shape index (κ2) is 7.26. The van der Waals surface area contributed by atoms with Gasteiger partial charge in [0.15, 0.2) is 0 Å². The predicted octanol–water partition coefficient (Wildman–Crippen LogP) is 0.683. The number of amides is 1. The summed E-state index contributed by atoms with van der Waals surface area (Å²) in [6.07, 6.45) is 1.50. The van der Waals surface area contributed by atoms with Crippen molar-refractivity contribution in [1.29, 1.82) is 0 Å². The van der Waals surface area contributed by atoms with Gasteiger partial charge in [-0.05, 0) is 31.9 Å². The fraction of sp³-hybridized carbons (Fsp3) is 0.533. The summed E-state index contributed by atoms with van der Waals surface area (Å²) >= 11 is 0. The number of hydrogen-bond donors (Lipinski definition) is 3. The van der Waals surface area contributed by atoms with Gasteiger partial charge in [-0.1, -0.05) is 18.2 Å². The van der Waals surface area contributed by atoms with E-state index in [4.69, 9.17) is 4.74 Å². The third-order valence-electron chi connectivity index (χ3n) is 3.16. The van der Waals surface area contributed by atoms with Crippen molar-refractivity contribution in [2.24, 2.45) is 0 Å². The van der Waals surface area contributed by atoms with E-state index in [2.05, 4.69) is 10.6 Å². The second-order valence-electron chi connectivity index (χ2n) is 5.19. The normalized spacial score (nSPS) is 17.3. The predicted molar refractivity (Wildman–Crippen MR) is 76.6 cm³/mol. The zero-order valence-corrected chi connectivity index (χ0v) is 11.7. The second-order valence-corrected chi connectivity index (χ2v) is 5.19. The Morgan fingerprint density at radius 2 is 2.10 bits per heavy atom. The molecule has 5 nitrogen and oxygen atoms in total. The summed E-state index contributed by atoms with van der Waals surface area (Å²) in [6.45, 7) is 2.32. The highest BCUT2D eigenvalue weighted by Crippen LogP contribution is 2.18. The molecule has 0 heterocycles. The lowest BCUT2D eigenvalue weighted by atomic mass is 10.2. The van der Waals surface area contributed by atoms with Crippen molar-refractivity contribution in [1.82, 2.24) is 10.6 Å². The van der Waals surface area contributed by atoms with Crippen molar-refractivity contribution in [3.63, 3.8) is 0 Å². The molecule has 5 heteroatoms. The fourth-order valence-electron chi connectivity index (χ4n) is 1.73. The molecule has 1 aromatic rings. The molecule has 20 heavy (non-hydrogen) atoms. The van der Waals surface area contributed by atoms with E-state index in [1.165, 1.54) is 0 Å². The first-order chi connectivity index (χ1) is 9.65. The van der Waals surface area contributed by atoms with Crippen LogP contribution in [0.2, 0.25) is 0 Å². The van der Waals surface area contributed by atoms with Gasteiger partial charge in [-0.25, -0.2) is 0 Å². The molecule has 1 aliphatic rings. The van der Waals surface area contributed by atoms with Crippen LogP contribution in [0.25, 0.3) is 0 Å². The number of nitrogens with one attached hydrogen (secondary N) is 2. The average Bonchev–Trinajstić information content (AvgIpc) is 3.27. The molecule has 0 bridgehead atoms. The molecule has 2 unspecified atom stereocenters. The average molecular weight is 278 g/mol. The zero-order chi connectivity index (χ0) is 14.4. The first kappa shape index (κ1) is 14.8. The number of para-hydroxylation sites is 1. The summed E-state index contributed by atoms with van der Waals surface area (Å²) in [6, 6.07) is 9.40. The molecule has 2 atom stereocenters. The van der Waals surface area contributed by atoms with Gasteiger partial charge in [0.1, 0.15) is 18.5 Å². The van der Waals surface area contributed by atoms with Crippen LogP contribution in [0.5, 0.6) is 5.75 Å². The first-order valence-corrected chi connectivity index (χ1v) is 7.05. The van der Waals surface area contributed by atoms with E-state index in [1.807, 2.05) is 30.3 Å². The highest BCUT2D eigenvalue weighted by atomic mass is 16.5. The Kier molecular flexibility index (Phi) is 5.38. The fourth-order valence-corrected chi connectivity index (χ4v) is 1.73. The van der Waals surface area contributed by atoms with Crippen LogP contribution in [0.3, 0.4) is 0 Å². The summed E-state index contributed by atoms with van der Waals surface area (Å²) in [5, 5.41) is 15.7. The molecule has 1 saturated carbocycles. The van der Waals surface area contributed by atoms with E-state index in [0.29, 0.717) is 12.6 Å². The Bertz CT molecular complexity index is 420. The van der Waals surface area contributed by atoms with Gasteiger partial charge in [0.2, 0.25) is 5.91 Å². The smallest absolute Gasteiger partial charge is 0.237 e. The number of rotatable bonds is 8. The molecular weight excluding hydrogens is 256 g/mol. The minimum Gasteiger partial charge on any atom is -0.491 e. The maximum absolute atomic E-state index is 11.7. The molecule has 3 N–H and O–H groups in total. The molecule has 1 aliphatic carbocycles. The van der Waals surface area contributed by atoms with Gasteiger partial charge < -0.3 is 20.5 Å². The van der Waals surface area contributed by atoms with Crippen LogP contribution in [-0.4, -0.2) is 42.4 Å². The highest BCUT2D eigenvalue weighted by molar-refractivity contribution is 5.81. The van der Waals surface area contributed by atoms with Gasteiger partial charge in [0, 0.05) is 12.6 Å². The number of hydrogen-bond acceptors (Lipinski definition) is 4. The Balaban J connectivity index is 1.61. The first-order valence-electron chi connectivity index (χ1n) is 7.05. The molecule has 0 aliphatic heterocycles. The lowest BCUT2D eigenvalue weighted by Crippen LogP contribution is -2.46. The van der Waals surface area contributed by atoms with Gasteiger partial charge in [-0.3, -0.25) is 4.79 Å². The molecule has 1 aromatic carbocycles. The number of aliphatic hydroxyl groups is 1. The molecule has 1 amide bonds. The maximum Gasteiger partial charge on any atom is 0.237 e.